The topological polar surface area (TPSA) is 59.0 Å². The number of hydrogen-bond acceptors (Lipinski definition) is 3. The molecule has 0 unspecified atom stereocenters. The van der Waals surface area contributed by atoms with Gasteiger partial charge in [0.15, 0.2) is 5.84 Å². The Labute approximate surface area is 146 Å². The molecule has 0 amide bonds. The Bertz CT molecular complexity index is 832. The molecule has 2 aromatic carbocycles. The zero-order valence-electron chi connectivity index (χ0n) is 12.9. The first kappa shape index (κ1) is 17.0. The monoisotopic (exact) mass is 364 g/mol. The first-order chi connectivity index (χ1) is 11.6. The summed E-state index contributed by atoms with van der Waals surface area (Å²) in [5.41, 5.74) is 0.598. The third-order valence-corrected chi connectivity index (χ3v) is 5.28. The van der Waals surface area contributed by atoms with Crippen LogP contribution in [-0.4, -0.2) is 45.5 Å². The Hall–Kier alpha value is -1.89. The molecule has 0 aromatic heterocycles. The molecule has 126 valence electrons. The number of hydrogen-bond donors (Lipinski definition) is 0. The highest BCUT2D eigenvalue weighted by Gasteiger charge is 2.23. The number of nitrogens with zero attached hydrogens (tertiary/aromatic N) is 2. The van der Waals surface area contributed by atoms with E-state index in [1.807, 2.05) is 11.0 Å². The molecule has 0 spiro atoms. The molecular formula is C17H17ClN2O3S. The van der Waals surface area contributed by atoms with Crippen molar-refractivity contribution in [3.63, 3.8) is 0 Å². The molecule has 0 radical (unpaired) electrons. The number of amidine groups is 1. The normalized spacial score (nSPS) is 16.2. The minimum absolute atomic E-state index is 0.155. The third-order valence-electron chi connectivity index (χ3n) is 3.67. The van der Waals surface area contributed by atoms with Gasteiger partial charge in [0.2, 0.25) is 0 Å². The van der Waals surface area contributed by atoms with Gasteiger partial charge in [0, 0.05) is 18.7 Å². The molecule has 7 heteroatoms. The van der Waals surface area contributed by atoms with Crippen LogP contribution in [0.3, 0.4) is 0 Å². The minimum Gasteiger partial charge on any atom is -0.378 e. The van der Waals surface area contributed by atoms with E-state index in [2.05, 4.69) is 4.40 Å². The summed E-state index contributed by atoms with van der Waals surface area (Å²) in [7, 11) is -3.83. The van der Waals surface area contributed by atoms with Crippen LogP contribution < -0.4 is 0 Å². The average molecular weight is 365 g/mol. The SMILES string of the molecule is O=S(=O)(/N=C(/c1ccccc1Cl)N1CCOCC1)c1ccccc1. The second kappa shape index (κ2) is 7.34. The van der Waals surface area contributed by atoms with Gasteiger partial charge in [0.25, 0.3) is 10.0 Å². The van der Waals surface area contributed by atoms with Crippen molar-refractivity contribution in [2.45, 2.75) is 4.90 Å². The van der Waals surface area contributed by atoms with Crippen molar-refractivity contribution in [3.05, 3.63) is 65.2 Å². The van der Waals surface area contributed by atoms with Crippen molar-refractivity contribution >= 4 is 27.5 Å². The molecule has 1 aliphatic rings. The van der Waals surface area contributed by atoms with Crippen LogP contribution in [0.15, 0.2) is 63.9 Å². The Morgan fingerprint density at radius 1 is 1.00 bits per heavy atom. The fourth-order valence-electron chi connectivity index (χ4n) is 2.45. The highest BCUT2D eigenvalue weighted by molar-refractivity contribution is 7.90. The first-order valence-electron chi connectivity index (χ1n) is 7.55. The molecule has 3 rings (SSSR count). The third kappa shape index (κ3) is 3.77. The van der Waals surface area contributed by atoms with Gasteiger partial charge in [-0.05, 0) is 24.3 Å². The fourth-order valence-corrected chi connectivity index (χ4v) is 3.72. The maximum Gasteiger partial charge on any atom is 0.284 e. The van der Waals surface area contributed by atoms with E-state index in [-0.39, 0.29) is 4.90 Å². The van der Waals surface area contributed by atoms with Crippen LogP contribution in [0.2, 0.25) is 5.02 Å². The lowest BCUT2D eigenvalue weighted by Gasteiger charge is -2.30. The van der Waals surface area contributed by atoms with E-state index in [9.17, 15) is 8.42 Å². The summed E-state index contributed by atoms with van der Waals surface area (Å²) in [5, 5.41) is 0.464. The van der Waals surface area contributed by atoms with Gasteiger partial charge in [-0.1, -0.05) is 41.9 Å². The zero-order chi connectivity index (χ0) is 17.0. The molecule has 1 fully saturated rings. The second-order valence-corrected chi connectivity index (χ2v) is 7.29. The van der Waals surface area contributed by atoms with Crippen molar-refractivity contribution in [2.24, 2.45) is 4.40 Å². The number of morpholine rings is 1. The molecule has 1 saturated heterocycles. The summed E-state index contributed by atoms with van der Waals surface area (Å²) >= 11 is 6.28. The molecule has 0 saturated carbocycles. The molecule has 0 aliphatic carbocycles. The summed E-state index contributed by atoms with van der Waals surface area (Å²) in [6, 6.07) is 15.3. The van der Waals surface area contributed by atoms with Gasteiger partial charge in [-0.15, -0.1) is 4.40 Å². The molecule has 0 atom stereocenters. The van der Waals surface area contributed by atoms with Crippen LogP contribution in [0.25, 0.3) is 0 Å². The summed E-state index contributed by atoms with van der Waals surface area (Å²) in [5.74, 6) is 0.354. The molecule has 0 bridgehead atoms. The van der Waals surface area contributed by atoms with E-state index in [1.165, 1.54) is 12.1 Å². The first-order valence-corrected chi connectivity index (χ1v) is 9.37. The van der Waals surface area contributed by atoms with Crippen LogP contribution in [0.1, 0.15) is 5.56 Å². The number of rotatable bonds is 3. The van der Waals surface area contributed by atoms with Crippen molar-refractivity contribution in [1.82, 2.24) is 4.90 Å². The van der Waals surface area contributed by atoms with E-state index in [0.29, 0.717) is 42.7 Å². The number of benzene rings is 2. The lowest BCUT2D eigenvalue weighted by atomic mass is 10.2. The summed E-state index contributed by atoms with van der Waals surface area (Å²) in [6.07, 6.45) is 0. The van der Waals surface area contributed by atoms with E-state index < -0.39 is 10.0 Å². The van der Waals surface area contributed by atoms with Crippen LogP contribution in [-0.2, 0) is 14.8 Å². The van der Waals surface area contributed by atoms with Gasteiger partial charge in [0.1, 0.15) is 0 Å². The smallest absolute Gasteiger partial charge is 0.284 e. The van der Waals surface area contributed by atoms with Gasteiger partial charge >= 0.3 is 0 Å². The summed E-state index contributed by atoms with van der Waals surface area (Å²) < 4.78 is 34.8. The molecule has 5 nitrogen and oxygen atoms in total. The Balaban J connectivity index is 2.09. The standard InChI is InChI=1S/C17H17ClN2O3S/c18-16-9-5-4-8-15(16)17(20-10-12-23-13-11-20)19-24(21,22)14-6-2-1-3-7-14/h1-9H,10-13H2/b19-17-. The number of halogens is 1. The quantitative estimate of drug-likeness (QED) is 0.620. The molecule has 0 N–H and O–H groups in total. The molecule has 24 heavy (non-hydrogen) atoms. The van der Waals surface area contributed by atoms with Crippen molar-refractivity contribution < 1.29 is 13.2 Å². The van der Waals surface area contributed by atoms with Crippen molar-refractivity contribution in [3.8, 4) is 0 Å². The van der Waals surface area contributed by atoms with Crippen LogP contribution in [0, 0.1) is 0 Å². The van der Waals surface area contributed by atoms with E-state index in [1.54, 1.807) is 36.4 Å². The number of sulfonamides is 1. The second-order valence-electron chi connectivity index (χ2n) is 5.28. The van der Waals surface area contributed by atoms with Gasteiger partial charge < -0.3 is 9.64 Å². The highest BCUT2D eigenvalue weighted by atomic mass is 35.5. The highest BCUT2D eigenvalue weighted by Crippen LogP contribution is 2.21. The van der Waals surface area contributed by atoms with Gasteiger partial charge in [0.05, 0.1) is 23.1 Å². The molecular weight excluding hydrogens is 348 g/mol. The number of ether oxygens (including phenoxy) is 1. The van der Waals surface area contributed by atoms with Crippen LogP contribution >= 0.6 is 11.6 Å². The van der Waals surface area contributed by atoms with E-state index in [4.69, 9.17) is 16.3 Å². The van der Waals surface area contributed by atoms with Crippen LogP contribution in [0.5, 0.6) is 0 Å². The summed E-state index contributed by atoms with van der Waals surface area (Å²) in [4.78, 5) is 2.05. The predicted octanol–water partition coefficient (Wildman–Crippen LogP) is 2.81. The van der Waals surface area contributed by atoms with Crippen molar-refractivity contribution in [2.75, 3.05) is 26.3 Å². The van der Waals surface area contributed by atoms with Gasteiger partial charge in [-0.2, -0.15) is 8.42 Å². The molecule has 2 aromatic rings. The Morgan fingerprint density at radius 2 is 1.62 bits per heavy atom. The van der Waals surface area contributed by atoms with Crippen LogP contribution in [0.4, 0.5) is 0 Å². The average Bonchev–Trinajstić information content (AvgIpc) is 2.62. The largest absolute Gasteiger partial charge is 0.378 e. The van der Waals surface area contributed by atoms with Gasteiger partial charge in [-0.3, -0.25) is 0 Å². The van der Waals surface area contributed by atoms with Gasteiger partial charge in [-0.25, -0.2) is 0 Å². The fraction of sp³-hybridized carbons (Fsp3) is 0.235. The predicted molar refractivity (Wildman–Crippen MR) is 94.0 cm³/mol. The molecule has 1 heterocycles. The maximum absolute atomic E-state index is 12.7. The van der Waals surface area contributed by atoms with E-state index >= 15 is 0 Å². The van der Waals surface area contributed by atoms with Crippen molar-refractivity contribution in [1.29, 1.82) is 0 Å². The molecule has 1 aliphatic heterocycles. The zero-order valence-corrected chi connectivity index (χ0v) is 14.5. The maximum atomic E-state index is 12.7. The minimum atomic E-state index is -3.83. The Morgan fingerprint density at radius 3 is 2.29 bits per heavy atom. The van der Waals surface area contributed by atoms with E-state index in [0.717, 1.165) is 0 Å². The lowest BCUT2D eigenvalue weighted by Crippen LogP contribution is -2.41. The Kier molecular flexibility index (Phi) is 5.18. The summed E-state index contributed by atoms with van der Waals surface area (Å²) in [6.45, 7) is 2.17. The lowest BCUT2D eigenvalue weighted by molar-refractivity contribution is 0.0684.